The number of nitrogens with zero attached hydrogens (tertiary/aromatic N) is 1. The van der Waals surface area contributed by atoms with Gasteiger partial charge in [0.25, 0.3) is 0 Å². The lowest BCUT2D eigenvalue weighted by Gasteiger charge is -2.06. The lowest BCUT2D eigenvalue weighted by atomic mass is 10.3. The molecular formula is C9H11BrN2. The Bertz CT molecular complexity index is 288. The Morgan fingerprint density at radius 1 is 1.50 bits per heavy atom. The SMILES string of the molecule is NCC1CN1c1ccccc1Br. The average molecular weight is 227 g/mol. The molecule has 1 aromatic carbocycles. The number of rotatable bonds is 2. The van der Waals surface area contributed by atoms with Crippen molar-refractivity contribution < 1.29 is 0 Å². The third-order valence-corrected chi connectivity index (χ3v) is 2.82. The molecule has 2 nitrogen and oxygen atoms in total. The maximum absolute atomic E-state index is 5.55. The topological polar surface area (TPSA) is 29.0 Å². The summed E-state index contributed by atoms with van der Waals surface area (Å²) in [5, 5.41) is 0. The molecule has 0 bridgehead atoms. The second-order valence-corrected chi connectivity index (χ2v) is 3.85. The summed E-state index contributed by atoms with van der Waals surface area (Å²) in [6.45, 7) is 1.85. The van der Waals surface area contributed by atoms with Crippen molar-refractivity contribution >= 4 is 21.6 Å². The number of hydrogen-bond donors (Lipinski definition) is 1. The molecule has 1 unspecified atom stereocenters. The summed E-state index contributed by atoms with van der Waals surface area (Å²) in [4.78, 5) is 2.30. The molecule has 1 aromatic rings. The Balaban J connectivity index is 2.19. The molecule has 0 aliphatic carbocycles. The Labute approximate surface area is 80.5 Å². The Morgan fingerprint density at radius 3 is 2.83 bits per heavy atom. The molecular weight excluding hydrogens is 216 g/mol. The van der Waals surface area contributed by atoms with Crippen LogP contribution < -0.4 is 10.6 Å². The fourth-order valence-corrected chi connectivity index (χ4v) is 1.87. The molecule has 1 aliphatic rings. The summed E-state index contributed by atoms with van der Waals surface area (Å²) < 4.78 is 1.15. The van der Waals surface area contributed by atoms with Crippen molar-refractivity contribution in [3.05, 3.63) is 28.7 Å². The normalized spacial score (nSPS) is 21.2. The van der Waals surface area contributed by atoms with Gasteiger partial charge in [-0.15, -0.1) is 0 Å². The highest BCUT2D eigenvalue weighted by molar-refractivity contribution is 9.10. The Morgan fingerprint density at radius 2 is 2.25 bits per heavy atom. The van der Waals surface area contributed by atoms with E-state index in [0.29, 0.717) is 6.04 Å². The molecule has 1 fully saturated rings. The molecule has 2 N–H and O–H groups in total. The number of para-hydroxylation sites is 1. The molecule has 0 radical (unpaired) electrons. The first-order valence-electron chi connectivity index (χ1n) is 4.04. The average Bonchev–Trinajstić information content (AvgIpc) is 2.84. The molecule has 0 spiro atoms. The van der Waals surface area contributed by atoms with Gasteiger partial charge in [0.15, 0.2) is 0 Å². The second-order valence-electron chi connectivity index (χ2n) is 2.99. The first-order valence-corrected chi connectivity index (χ1v) is 4.83. The van der Waals surface area contributed by atoms with Crippen molar-refractivity contribution in [3.8, 4) is 0 Å². The summed E-state index contributed by atoms with van der Waals surface area (Å²) in [7, 11) is 0. The number of nitrogens with two attached hydrogens (primary N) is 1. The number of anilines is 1. The largest absolute Gasteiger partial charge is 0.362 e. The van der Waals surface area contributed by atoms with Crippen LogP contribution in [-0.2, 0) is 0 Å². The molecule has 64 valence electrons. The van der Waals surface area contributed by atoms with Crippen LogP contribution in [-0.4, -0.2) is 19.1 Å². The Hall–Kier alpha value is -0.540. The van der Waals surface area contributed by atoms with Crippen molar-refractivity contribution in [2.45, 2.75) is 6.04 Å². The summed E-state index contributed by atoms with van der Waals surface area (Å²) in [5.41, 5.74) is 6.81. The van der Waals surface area contributed by atoms with Gasteiger partial charge in [0.1, 0.15) is 0 Å². The molecule has 1 saturated heterocycles. The van der Waals surface area contributed by atoms with Crippen LogP contribution in [0, 0.1) is 0 Å². The van der Waals surface area contributed by atoms with Gasteiger partial charge in [-0.1, -0.05) is 12.1 Å². The first-order chi connectivity index (χ1) is 5.83. The third-order valence-electron chi connectivity index (χ3n) is 2.15. The van der Waals surface area contributed by atoms with E-state index in [2.05, 4.69) is 33.0 Å². The number of hydrogen-bond acceptors (Lipinski definition) is 2. The molecule has 1 atom stereocenters. The van der Waals surface area contributed by atoms with E-state index in [1.165, 1.54) is 5.69 Å². The van der Waals surface area contributed by atoms with Gasteiger partial charge in [0, 0.05) is 17.6 Å². The van der Waals surface area contributed by atoms with Crippen LogP contribution in [0.5, 0.6) is 0 Å². The van der Waals surface area contributed by atoms with Crippen LogP contribution in [0.2, 0.25) is 0 Å². The number of benzene rings is 1. The molecule has 12 heavy (non-hydrogen) atoms. The van der Waals surface area contributed by atoms with Crippen LogP contribution in [0.15, 0.2) is 28.7 Å². The van der Waals surface area contributed by atoms with E-state index >= 15 is 0 Å². The first kappa shape index (κ1) is 8.08. The standard InChI is InChI=1S/C9H11BrN2/c10-8-3-1-2-4-9(8)12-6-7(12)5-11/h1-4,7H,5-6,11H2. The summed E-state index contributed by atoms with van der Waals surface area (Å²) in [6.07, 6.45) is 0. The van der Waals surface area contributed by atoms with Crippen LogP contribution in [0.1, 0.15) is 0 Å². The predicted octanol–water partition coefficient (Wildman–Crippen LogP) is 1.60. The van der Waals surface area contributed by atoms with Gasteiger partial charge in [0.05, 0.1) is 11.7 Å². The van der Waals surface area contributed by atoms with Crippen molar-refractivity contribution in [1.29, 1.82) is 0 Å². The molecule has 1 aliphatic heterocycles. The van der Waals surface area contributed by atoms with Crippen LogP contribution in [0.25, 0.3) is 0 Å². The van der Waals surface area contributed by atoms with E-state index in [0.717, 1.165) is 17.6 Å². The number of halogens is 1. The highest BCUT2D eigenvalue weighted by Crippen LogP contribution is 2.33. The fraction of sp³-hybridized carbons (Fsp3) is 0.333. The minimum Gasteiger partial charge on any atom is -0.362 e. The molecule has 0 saturated carbocycles. The molecule has 0 aromatic heterocycles. The van der Waals surface area contributed by atoms with E-state index in [4.69, 9.17) is 5.73 Å². The lowest BCUT2D eigenvalue weighted by Crippen LogP contribution is -2.11. The zero-order valence-electron chi connectivity index (χ0n) is 6.70. The van der Waals surface area contributed by atoms with Gasteiger partial charge < -0.3 is 10.6 Å². The zero-order chi connectivity index (χ0) is 8.55. The van der Waals surface area contributed by atoms with Gasteiger partial charge in [-0.3, -0.25) is 0 Å². The van der Waals surface area contributed by atoms with Crippen molar-refractivity contribution in [2.24, 2.45) is 5.73 Å². The predicted molar refractivity (Wildman–Crippen MR) is 54.3 cm³/mol. The zero-order valence-corrected chi connectivity index (χ0v) is 8.29. The molecule has 0 amide bonds. The highest BCUT2D eigenvalue weighted by Gasteiger charge is 2.33. The van der Waals surface area contributed by atoms with Crippen LogP contribution in [0.4, 0.5) is 5.69 Å². The van der Waals surface area contributed by atoms with Gasteiger partial charge >= 0.3 is 0 Å². The summed E-state index contributed by atoms with van der Waals surface area (Å²) >= 11 is 3.51. The Kier molecular flexibility index (Phi) is 2.07. The summed E-state index contributed by atoms with van der Waals surface area (Å²) in [5.74, 6) is 0. The maximum Gasteiger partial charge on any atom is 0.0588 e. The van der Waals surface area contributed by atoms with E-state index in [1.807, 2.05) is 12.1 Å². The highest BCUT2D eigenvalue weighted by atomic mass is 79.9. The smallest absolute Gasteiger partial charge is 0.0588 e. The summed E-state index contributed by atoms with van der Waals surface area (Å²) in [6, 6.07) is 8.80. The monoisotopic (exact) mass is 226 g/mol. The maximum atomic E-state index is 5.55. The van der Waals surface area contributed by atoms with Crippen molar-refractivity contribution in [3.63, 3.8) is 0 Å². The molecule has 1 heterocycles. The van der Waals surface area contributed by atoms with E-state index in [-0.39, 0.29) is 0 Å². The fourth-order valence-electron chi connectivity index (χ4n) is 1.36. The van der Waals surface area contributed by atoms with Crippen molar-refractivity contribution in [1.82, 2.24) is 0 Å². The van der Waals surface area contributed by atoms with E-state index < -0.39 is 0 Å². The van der Waals surface area contributed by atoms with E-state index in [9.17, 15) is 0 Å². The molecule has 3 heteroatoms. The minimum absolute atomic E-state index is 0.559. The lowest BCUT2D eigenvalue weighted by molar-refractivity contribution is 0.966. The van der Waals surface area contributed by atoms with Gasteiger partial charge in [0.2, 0.25) is 0 Å². The van der Waals surface area contributed by atoms with Gasteiger partial charge in [-0.25, -0.2) is 0 Å². The van der Waals surface area contributed by atoms with Crippen molar-refractivity contribution in [2.75, 3.05) is 18.0 Å². The second kappa shape index (κ2) is 3.07. The minimum atomic E-state index is 0.559. The van der Waals surface area contributed by atoms with Crippen LogP contribution in [0.3, 0.4) is 0 Å². The quantitative estimate of drug-likeness (QED) is 0.777. The van der Waals surface area contributed by atoms with Gasteiger partial charge in [-0.2, -0.15) is 0 Å². The van der Waals surface area contributed by atoms with Crippen LogP contribution >= 0.6 is 15.9 Å². The third kappa shape index (κ3) is 1.34. The molecule has 2 rings (SSSR count). The van der Waals surface area contributed by atoms with E-state index in [1.54, 1.807) is 0 Å². The van der Waals surface area contributed by atoms with Gasteiger partial charge in [-0.05, 0) is 28.1 Å².